The molecule has 0 amide bonds. The predicted molar refractivity (Wildman–Crippen MR) is 113 cm³/mol. The average molecular weight is 373 g/mol. The van der Waals surface area contributed by atoms with Crippen molar-refractivity contribution < 1.29 is 12.3 Å². The van der Waals surface area contributed by atoms with Gasteiger partial charge in [0.25, 0.3) is 0 Å². The number of anilines is 2. The second-order valence-corrected chi connectivity index (χ2v) is 4.90. The van der Waals surface area contributed by atoms with Crippen molar-refractivity contribution in [1.29, 1.82) is 0 Å². The van der Waals surface area contributed by atoms with Gasteiger partial charge < -0.3 is 23.0 Å². The summed E-state index contributed by atoms with van der Waals surface area (Å²) in [6.45, 7) is 5.24. The predicted octanol–water partition coefficient (Wildman–Crippen LogP) is 2.95. The molecule has 0 bridgehead atoms. The molecule has 2 rings (SSSR count). The summed E-state index contributed by atoms with van der Waals surface area (Å²) in [5, 5.41) is 6.80. The first-order valence-electron chi connectivity index (χ1n) is 7.25. The van der Waals surface area contributed by atoms with Crippen LogP contribution in [0.5, 0.6) is 11.5 Å². The molecule has 0 radical (unpaired) electrons. The van der Waals surface area contributed by atoms with E-state index in [0.29, 0.717) is 18.3 Å². The molecule has 0 atom stereocenters. The molecule has 2 N–H and O–H groups in total. The van der Waals surface area contributed by atoms with E-state index in [0.717, 1.165) is 22.9 Å². The third-order valence-corrected chi connectivity index (χ3v) is 3.05. The molecule has 2 aromatic carbocycles. The maximum Gasteiger partial charge on any atom is 2.00 e. The number of thiocarbonyl (C=S) groups is 1. The summed E-state index contributed by atoms with van der Waals surface area (Å²) >= 11 is 5.30. The fraction of sp³-hybridized carbons (Fsp3) is 0.235. The minimum absolute atomic E-state index is 0. The van der Waals surface area contributed by atoms with Crippen molar-refractivity contribution in [2.75, 3.05) is 23.8 Å². The van der Waals surface area contributed by atoms with E-state index in [2.05, 4.69) is 10.6 Å². The van der Waals surface area contributed by atoms with Crippen molar-refractivity contribution in [2.45, 2.75) is 13.8 Å². The summed E-state index contributed by atoms with van der Waals surface area (Å²) in [7, 11) is 0. The summed E-state index contributed by atoms with van der Waals surface area (Å²) in [6, 6.07) is 15.3. The molecule has 24 heavy (non-hydrogen) atoms. The van der Waals surface area contributed by atoms with E-state index in [1.807, 2.05) is 62.4 Å². The van der Waals surface area contributed by atoms with Gasteiger partial charge in [0.05, 0.1) is 13.2 Å². The molecule has 0 heterocycles. The average Bonchev–Trinajstić information content (AvgIpc) is 2.52. The zero-order valence-electron chi connectivity index (χ0n) is 15.5. The first-order chi connectivity index (χ1) is 10.7. The summed E-state index contributed by atoms with van der Waals surface area (Å²) in [6.07, 6.45) is 0. The maximum atomic E-state index is 5.40. The van der Waals surface area contributed by atoms with E-state index in [-0.39, 0.29) is 43.3 Å². The van der Waals surface area contributed by atoms with Gasteiger partial charge in [-0.3, -0.25) is 0 Å². The fourth-order valence-electron chi connectivity index (χ4n) is 1.90. The number of nitrogens with one attached hydrogen (secondary N) is 2. The van der Waals surface area contributed by atoms with Gasteiger partial charge in [-0.2, -0.15) is 0 Å². The van der Waals surface area contributed by atoms with Gasteiger partial charge in [0.15, 0.2) is 22.5 Å². The molecule has 0 aromatic heterocycles. The molecular weight excluding hydrogens is 348 g/mol. The summed E-state index contributed by atoms with van der Waals surface area (Å²) in [5.41, 5.74) is 1.82. The van der Waals surface area contributed by atoms with Crippen LogP contribution in [-0.4, -0.2) is 58.7 Å². The SMILES string of the molecule is CCOc1ccc(NC(=S)Nc2ccc(OCC)cc2)cc1.[AlH3].[H-].[H-].[Mg+2]. The minimum Gasteiger partial charge on any atom is -1.00 e. The molecule has 0 aliphatic carbocycles. The Hall–Kier alpha value is -0.971. The molecule has 0 spiro atoms. The van der Waals surface area contributed by atoms with Crippen LogP contribution in [0.4, 0.5) is 11.4 Å². The van der Waals surface area contributed by atoms with Crippen LogP contribution in [0.15, 0.2) is 48.5 Å². The zero-order valence-corrected chi connectivity index (χ0v) is 15.7. The van der Waals surface area contributed by atoms with Crippen LogP contribution >= 0.6 is 12.2 Å². The summed E-state index contributed by atoms with van der Waals surface area (Å²) in [5.74, 6) is 1.69. The van der Waals surface area contributed by atoms with Gasteiger partial charge in [0.1, 0.15) is 11.5 Å². The van der Waals surface area contributed by atoms with E-state index in [9.17, 15) is 0 Å². The Morgan fingerprint density at radius 1 is 0.833 bits per heavy atom. The fourth-order valence-corrected chi connectivity index (χ4v) is 2.13. The van der Waals surface area contributed by atoms with Crippen LogP contribution in [-0.2, 0) is 0 Å². The topological polar surface area (TPSA) is 42.5 Å². The van der Waals surface area contributed by atoms with Crippen molar-refractivity contribution in [1.82, 2.24) is 0 Å². The smallest absolute Gasteiger partial charge is 1.00 e. The Labute approximate surface area is 178 Å². The van der Waals surface area contributed by atoms with Crippen LogP contribution in [0.25, 0.3) is 0 Å². The Balaban J connectivity index is -0.00000132. The van der Waals surface area contributed by atoms with E-state index < -0.39 is 0 Å². The normalized spacial score (nSPS) is 9.08. The molecule has 2 aromatic rings. The molecule has 7 heteroatoms. The number of ether oxygens (including phenoxy) is 2. The molecule has 0 aliphatic rings. The Kier molecular flexibility index (Phi) is 11.9. The standard InChI is InChI=1S/C17H20N2O2S.Al.Mg.5H/c1-3-20-15-9-5-13(6-10-15)18-17(22)19-14-7-11-16(12-8-14)21-4-2;;;;;;;/h5-12H,3-4H2,1-2H3,(H2,18,19,22);;;;;;;/q;;+2;;;;2*-1. The van der Waals surface area contributed by atoms with Gasteiger partial charge in [0.2, 0.25) is 0 Å². The number of rotatable bonds is 6. The van der Waals surface area contributed by atoms with E-state index in [1.165, 1.54) is 0 Å². The van der Waals surface area contributed by atoms with Crippen LogP contribution in [0, 0.1) is 0 Å². The van der Waals surface area contributed by atoms with E-state index in [4.69, 9.17) is 21.7 Å². The van der Waals surface area contributed by atoms with Crippen molar-refractivity contribution >= 4 is 69.1 Å². The van der Waals surface area contributed by atoms with Crippen molar-refractivity contribution in [3.63, 3.8) is 0 Å². The van der Waals surface area contributed by atoms with Gasteiger partial charge in [-0.1, -0.05) is 0 Å². The van der Waals surface area contributed by atoms with Crippen LogP contribution < -0.4 is 20.1 Å². The first kappa shape index (κ1) is 23.0. The molecule has 4 nitrogen and oxygen atoms in total. The largest absolute Gasteiger partial charge is 2.00 e. The van der Waals surface area contributed by atoms with Gasteiger partial charge in [-0.05, 0) is 74.6 Å². The summed E-state index contributed by atoms with van der Waals surface area (Å²) in [4.78, 5) is 0. The quantitative estimate of drug-likeness (QED) is 0.603. The Morgan fingerprint density at radius 2 is 1.17 bits per heavy atom. The molecule has 126 valence electrons. The van der Waals surface area contributed by atoms with Gasteiger partial charge in [0, 0.05) is 11.4 Å². The number of hydrogen-bond acceptors (Lipinski definition) is 3. The second-order valence-electron chi connectivity index (χ2n) is 4.49. The van der Waals surface area contributed by atoms with Crippen molar-refractivity contribution in [3.05, 3.63) is 48.5 Å². The molecule has 0 saturated heterocycles. The molecule has 0 unspecified atom stereocenters. The summed E-state index contributed by atoms with van der Waals surface area (Å²) < 4.78 is 10.8. The van der Waals surface area contributed by atoms with Crippen LogP contribution in [0.1, 0.15) is 16.7 Å². The van der Waals surface area contributed by atoms with Crippen LogP contribution in [0.3, 0.4) is 0 Å². The number of hydrogen-bond donors (Lipinski definition) is 2. The number of benzene rings is 2. The van der Waals surface area contributed by atoms with Crippen LogP contribution in [0.2, 0.25) is 0 Å². The Bertz CT molecular complexity index is 566. The Morgan fingerprint density at radius 3 is 1.46 bits per heavy atom. The third-order valence-electron chi connectivity index (χ3n) is 2.85. The molecular formula is C17H25AlMgN2O2S. The van der Waals surface area contributed by atoms with Crippen molar-refractivity contribution in [3.8, 4) is 11.5 Å². The van der Waals surface area contributed by atoms with Gasteiger partial charge >= 0.3 is 23.1 Å². The molecule has 0 aliphatic heterocycles. The minimum atomic E-state index is 0. The molecule has 0 saturated carbocycles. The maximum absolute atomic E-state index is 5.40. The second kappa shape index (κ2) is 12.4. The molecule has 0 fully saturated rings. The van der Waals surface area contributed by atoms with E-state index in [1.54, 1.807) is 0 Å². The first-order valence-corrected chi connectivity index (χ1v) is 7.65. The monoisotopic (exact) mass is 372 g/mol. The van der Waals surface area contributed by atoms with Gasteiger partial charge in [-0.25, -0.2) is 0 Å². The van der Waals surface area contributed by atoms with Gasteiger partial charge in [-0.15, -0.1) is 0 Å². The van der Waals surface area contributed by atoms with E-state index >= 15 is 0 Å². The van der Waals surface area contributed by atoms with Crippen molar-refractivity contribution in [2.24, 2.45) is 0 Å². The third kappa shape index (κ3) is 7.73. The zero-order chi connectivity index (χ0) is 15.8.